The molecular weight excluding hydrogens is 369 g/mol. The normalized spacial score (nSPS) is 20.4. The quantitative estimate of drug-likeness (QED) is 0.757. The fourth-order valence-corrected chi connectivity index (χ4v) is 3.51. The maximum atomic E-state index is 12.5. The minimum Gasteiger partial charge on any atom is -0.465 e. The van der Waals surface area contributed by atoms with E-state index in [0.29, 0.717) is 31.9 Å². The molecule has 1 aromatic rings. The van der Waals surface area contributed by atoms with Crippen molar-refractivity contribution in [2.75, 3.05) is 31.1 Å². The van der Waals surface area contributed by atoms with Gasteiger partial charge in [-0.25, -0.2) is 14.8 Å². The molecule has 120 valence electrons. The van der Waals surface area contributed by atoms with Crippen molar-refractivity contribution < 1.29 is 23.1 Å². The fourth-order valence-electron chi connectivity index (χ4n) is 2.99. The molecule has 2 aliphatic rings. The van der Waals surface area contributed by atoms with Gasteiger partial charge in [0.1, 0.15) is 4.60 Å². The van der Waals surface area contributed by atoms with Crippen LogP contribution in [0.1, 0.15) is 12.2 Å². The lowest BCUT2D eigenvalue weighted by atomic mass is 9.79. The minimum atomic E-state index is -4.58. The number of likely N-dealkylation sites (tertiary alicyclic amines) is 1. The molecule has 1 N–H and O–H groups in total. The van der Waals surface area contributed by atoms with Crippen LogP contribution in [0, 0.1) is 5.41 Å². The SMILES string of the molecule is O=C(O)N1CCC2(C1)CN(c1cnc(C(F)(F)F)nc1Br)C2. The Morgan fingerprint density at radius 2 is 2.05 bits per heavy atom. The van der Waals surface area contributed by atoms with E-state index in [4.69, 9.17) is 5.11 Å². The number of carbonyl (C=O) groups is 1. The van der Waals surface area contributed by atoms with Crippen molar-refractivity contribution in [1.82, 2.24) is 14.9 Å². The molecule has 1 amide bonds. The van der Waals surface area contributed by atoms with E-state index >= 15 is 0 Å². The Morgan fingerprint density at radius 1 is 1.36 bits per heavy atom. The lowest BCUT2D eigenvalue weighted by Crippen LogP contribution is -2.58. The van der Waals surface area contributed by atoms with Gasteiger partial charge in [0.25, 0.3) is 0 Å². The summed E-state index contributed by atoms with van der Waals surface area (Å²) >= 11 is 3.05. The average Bonchev–Trinajstić information content (AvgIpc) is 2.81. The minimum absolute atomic E-state index is 0.0952. The summed E-state index contributed by atoms with van der Waals surface area (Å²) in [6.45, 7) is 2.13. The van der Waals surface area contributed by atoms with Gasteiger partial charge >= 0.3 is 12.3 Å². The first-order chi connectivity index (χ1) is 10.2. The summed E-state index contributed by atoms with van der Waals surface area (Å²) in [4.78, 5) is 21.0. The summed E-state index contributed by atoms with van der Waals surface area (Å²) in [5, 5.41) is 8.98. The summed E-state index contributed by atoms with van der Waals surface area (Å²) in [7, 11) is 0. The van der Waals surface area contributed by atoms with Crippen molar-refractivity contribution in [3.63, 3.8) is 0 Å². The first-order valence-corrected chi connectivity index (χ1v) is 7.32. The van der Waals surface area contributed by atoms with Crippen molar-refractivity contribution >= 4 is 27.7 Å². The molecule has 2 fully saturated rings. The van der Waals surface area contributed by atoms with Crippen molar-refractivity contribution in [3.8, 4) is 0 Å². The number of hydrogen-bond acceptors (Lipinski definition) is 4. The summed E-state index contributed by atoms with van der Waals surface area (Å²) in [6, 6.07) is 0. The third kappa shape index (κ3) is 2.59. The number of nitrogens with zero attached hydrogens (tertiary/aromatic N) is 4. The lowest BCUT2D eigenvalue weighted by molar-refractivity contribution is -0.145. The van der Waals surface area contributed by atoms with Crippen LogP contribution in [0.4, 0.5) is 23.7 Å². The van der Waals surface area contributed by atoms with E-state index in [1.165, 1.54) is 4.90 Å². The number of hydrogen-bond donors (Lipinski definition) is 1. The molecule has 2 aliphatic heterocycles. The predicted octanol–water partition coefficient (Wildman–Crippen LogP) is 2.45. The van der Waals surface area contributed by atoms with Crippen molar-refractivity contribution in [2.24, 2.45) is 5.41 Å². The molecule has 0 radical (unpaired) electrons. The van der Waals surface area contributed by atoms with Crippen LogP contribution >= 0.6 is 15.9 Å². The smallest absolute Gasteiger partial charge is 0.451 e. The second-order valence-electron chi connectivity index (χ2n) is 5.68. The largest absolute Gasteiger partial charge is 0.465 e. The zero-order valence-electron chi connectivity index (χ0n) is 11.3. The second-order valence-corrected chi connectivity index (χ2v) is 6.43. The van der Waals surface area contributed by atoms with E-state index in [1.807, 2.05) is 4.90 Å². The number of alkyl halides is 3. The predicted molar refractivity (Wildman–Crippen MR) is 73.6 cm³/mol. The molecule has 0 saturated carbocycles. The van der Waals surface area contributed by atoms with Crippen LogP contribution < -0.4 is 4.90 Å². The highest BCUT2D eigenvalue weighted by Crippen LogP contribution is 2.43. The highest BCUT2D eigenvalue weighted by Gasteiger charge is 2.49. The number of aromatic nitrogens is 2. The van der Waals surface area contributed by atoms with Gasteiger partial charge in [0.05, 0.1) is 11.9 Å². The Morgan fingerprint density at radius 3 is 2.55 bits per heavy atom. The van der Waals surface area contributed by atoms with Gasteiger partial charge in [-0.3, -0.25) is 0 Å². The third-order valence-corrected chi connectivity index (χ3v) is 4.66. The highest BCUT2D eigenvalue weighted by molar-refractivity contribution is 9.10. The van der Waals surface area contributed by atoms with Crippen LogP contribution in [0.15, 0.2) is 10.8 Å². The van der Waals surface area contributed by atoms with Gasteiger partial charge in [-0.2, -0.15) is 13.2 Å². The van der Waals surface area contributed by atoms with Gasteiger partial charge < -0.3 is 14.9 Å². The molecule has 2 saturated heterocycles. The maximum absolute atomic E-state index is 12.5. The molecule has 22 heavy (non-hydrogen) atoms. The molecule has 3 heterocycles. The molecule has 0 aromatic carbocycles. The molecule has 1 spiro atoms. The first-order valence-electron chi connectivity index (χ1n) is 6.53. The van der Waals surface area contributed by atoms with Crippen molar-refractivity contribution in [2.45, 2.75) is 12.6 Å². The monoisotopic (exact) mass is 380 g/mol. The van der Waals surface area contributed by atoms with E-state index in [0.717, 1.165) is 12.6 Å². The third-order valence-electron chi connectivity index (χ3n) is 4.08. The van der Waals surface area contributed by atoms with Crippen molar-refractivity contribution in [1.29, 1.82) is 0 Å². The van der Waals surface area contributed by atoms with Gasteiger partial charge in [-0.1, -0.05) is 0 Å². The Balaban J connectivity index is 1.70. The fraction of sp³-hybridized carbons (Fsp3) is 0.583. The van der Waals surface area contributed by atoms with Crippen molar-refractivity contribution in [3.05, 3.63) is 16.6 Å². The highest BCUT2D eigenvalue weighted by atomic mass is 79.9. The standard InChI is InChI=1S/C12H12BrF3N4O2/c13-8-7(3-17-9(18-8)12(14,15)16)20-5-11(6-20)1-2-19(4-11)10(21)22/h3H,1-2,4-6H2,(H,21,22). The van der Waals surface area contributed by atoms with E-state index in [9.17, 15) is 18.0 Å². The molecule has 6 nitrogen and oxygen atoms in total. The zero-order valence-corrected chi connectivity index (χ0v) is 12.9. The second kappa shape index (κ2) is 4.97. The van der Waals surface area contributed by atoms with Gasteiger partial charge in [-0.05, 0) is 22.4 Å². The summed E-state index contributed by atoms with van der Waals surface area (Å²) in [5.74, 6) is -1.18. The zero-order chi connectivity index (χ0) is 16.1. The van der Waals surface area contributed by atoms with E-state index in [2.05, 4.69) is 25.9 Å². The Bertz CT molecular complexity index is 619. The molecular formula is C12H12BrF3N4O2. The average molecular weight is 381 g/mol. The summed E-state index contributed by atoms with van der Waals surface area (Å²) < 4.78 is 37.7. The van der Waals surface area contributed by atoms with E-state index in [1.54, 1.807) is 0 Å². The Hall–Kier alpha value is -1.58. The Kier molecular flexibility index (Phi) is 3.46. The van der Waals surface area contributed by atoms with Gasteiger partial charge in [0.15, 0.2) is 0 Å². The molecule has 0 atom stereocenters. The molecule has 10 heteroatoms. The molecule has 0 unspecified atom stereocenters. The van der Waals surface area contributed by atoms with Gasteiger partial charge in [-0.15, -0.1) is 0 Å². The van der Waals surface area contributed by atoms with Gasteiger partial charge in [0, 0.05) is 31.6 Å². The van der Waals surface area contributed by atoms with Gasteiger partial charge in [0.2, 0.25) is 5.82 Å². The number of rotatable bonds is 1. The summed E-state index contributed by atoms with van der Waals surface area (Å²) in [5.41, 5.74) is 0.382. The van der Waals surface area contributed by atoms with Crippen LogP contribution in [0.5, 0.6) is 0 Å². The van der Waals surface area contributed by atoms with Crippen LogP contribution in [-0.4, -0.2) is 52.2 Å². The first kappa shape index (κ1) is 15.3. The molecule has 0 aliphatic carbocycles. The number of carboxylic acid groups (broad SMARTS) is 1. The molecule has 0 bridgehead atoms. The van der Waals surface area contributed by atoms with Crippen LogP contribution in [0.2, 0.25) is 0 Å². The van der Waals surface area contributed by atoms with Crippen LogP contribution in [0.25, 0.3) is 0 Å². The van der Waals surface area contributed by atoms with E-state index in [-0.39, 0.29) is 10.0 Å². The Labute approximate surface area is 132 Å². The van der Waals surface area contributed by atoms with Crippen LogP contribution in [0.3, 0.4) is 0 Å². The molecule has 3 rings (SSSR count). The van der Waals surface area contributed by atoms with E-state index < -0.39 is 18.1 Å². The lowest BCUT2D eigenvalue weighted by Gasteiger charge is -2.49. The number of anilines is 1. The topological polar surface area (TPSA) is 69.6 Å². The van der Waals surface area contributed by atoms with Crippen LogP contribution in [-0.2, 0) is 6.18 Å². The number of amides is 1. The maximum Gasteiger partial charge on any atom is 0.451 e. The molecule has 1 aromatic heterocycles. The number of halogens is 4. The summed E-state index contributed by atoms with van der Waals surface area (Å²) in [6.07, 6.45) is -3.61.